The number of hydrogen-bond donors (Lipinski definition) is 1. The van der Waals surface area contributed by atoms with E-state index in [1.165, 1.54) is 12.1 Å². The Bertz CT molecular complexity index is 1060. The molecule has 0 aliphatic heterocycles. The van der Waals surface area contributed by atoms with Gasteiger partial charge in [0.2, 0.25) is 0 Å². The van der Waals surface area contributed by atoms with Gasteiger partial charge in [0.05, 0.1) is 18.8 Å². The van der Waals surface area contributed by atoms with E-state index in [9.17, 15) is 18.3 Å². The molecule has 3 rings (SSSR count). The highest BCUT2D eigenvalue weighted by Crippen LogP contribution is 2.39. The van der Waals surface area contributed by atoms with Crippen molar-refractivity contribution in [1.29, 1.82) is 0 Å². The second-order valence-corrected chi connectivity index (χ2v) is 8.53. The zero-order valence-electron chi connectivity index (χ0n) is 18.2. The SMILES string of the molecule is COc1ccc(C(C)C)cc1-c1ccc(C(F)(F)F)cc1CCC(O)c1ccc(Cl)cc1. The molecule has 0 saturated carbocycles. The molecule has 32 heavy (non-hydrogen) atoms. The largest absolute Gasteiger partial charge is 0.496 e. The van der Waals surface area contributed by atoms with Gasteiger partial charge >= 0.3 is 6.18 Å². The van der Waals surface area contributed by atoms with E-state index in [0.717, 1.165) is 17.2 Å². The summed E-state index contributed by atoms with van der Waals surface area (Å²) in [4.78, 5) is 0. The zero-order chi connectivity index (χ0) is 23.5. The van der Waals surface area contributed by atoms with Crippen LogP contribution in [0.15, 0.2) is 60.7 Å². The topological polar surface area (TPSA) is 29.5 Å². The predicted octanol–water partition coefficient (Wildman–Crippen LogP) is 7.82. The van der Waals surface area contributed by atoms with Crippen molar-refractivity contribution in [1.82, 2.24) is 0 Å². The lowest BCUT2D eigenvalue weighted by molar-refractivity contribution is -0.137. The molecule has 0 saturated heterocycles. The van der Waals surface area contributed by atoms with Crippen LogP contribution >= 0.6 is 11.6 Å². The summed E-state index contributed by atoms with van der Waals surface area (Å²) in [5.41, 5.74) is 2.93. The lowest BCUT2D eigenvalue weighted by Gasteiger charge is -2.19. The lowest BCUT2D eigenvalue weighted by atomic mass is 9.90. The molecule has 6 heteroatoms. The average molecular weight is 463 g/mol. The van der Waals surface area contributed by atoms with Gasteiger partial charge in [0, 0.05) is 10.6 Å². The fraction of sp³-hybridized carbons (Fsp3) is 0.308. The van der Waals surface area contributed by atoms with E-state index < -0.39 is 17.8 Å². The van der Waals surface area contributed by atoms with Crippen LogP contribution in [0.3, 0.4) is 0 Å². The number of alkyl halides is 3. The van der Waals surface area contributed by atoms with Crippen molar-refractivity contribution in [2.24, 2.45) is 0 Å². The number of ether oxygens (including phenoxy) is 1. The summed E-state index contributed by atoms with van der Waals surface area (Å²) < 4.78 is 45.8. The molecule has 3 aromatic carbocycles. The van der Waals surface area contributed by atoms with Crippen LogP contribution in [0.1, 0.15) is 54.5 Å². The molecule has 0 aliphatic rings. The highest BCUT2D eigenvalue weighted by Gasteiger charge is 2.31. The van der Waals surface area contributed by atoms with Gasteiger partial charge in [-0.25, -0.2) is 0 Å². The highest BCUT2D eigenvalue weighted by atomic mass is 35.5. The van der Waals surface area contributed by atoms with Crippen LogP contribution < -0.4 is 4.74 Å². The standard InChI is InChI=1S/C26H26ClF3O2/c1-16(2)18-7-13-25(32-3)23(15-18)22-11-8-20(26(28,29)30)14-19(22)6-12-24(31)17-4-9-21(27)10-5-17/h4-5,7-11,13-16,24,31H,6,12H2,1-3H3. The van der Waals surface area contributed by atoms with E-state index in [1.54, 1.807) is 31.4 Å². The number of aliphatic hydroxyl groups is 1. The van der Waals surface area contributed by atoms with E-state index in [1.807, 2.05) is 18.2 Å². The van der Waals surface area contributed by atoms with Gasteiger partial charge in [0.1, 0.15) is 5.75 Å². The normalized spacial score (nSPS) is 12.8. The number of methoxy groups -OCH3 is 1. The monoisotopic (exact) mass is 462 g/mol. The van der Waals surface area contributed by atoms with Crippen LogP contribution in [-0.2, 0) is 12.6 Å². The Labute approximate surface area is 191 Å². The van der Waals surface area contributed by atoms with Gasteiger partial charge in [-0.05, 0) is 77.4 Å². The van der Waals surface area contributed by atoms with Gasteiger partial charge in [-0.2, -0.15) is 13.2 Å². The van der Waals surface area contributed by atoms with Crippen LogP contribution in [0.25, 0.3) is 11.1 Å². The molecule has 2 nitrogen and oxygen atoms in total. The van der Waals surface area contributed by atoms with Crippen molar-refractivity contribution in [3.63, 3.8) is 0 Å². The summed E-state index contributed by atoms with van der Waals surface area (Å²) in [6.45, 7) is 4.11. The lowest BCUT2D eigenvalue weighted by Crippen LogP contribution is -2.07. The maximum Gasteiger partial charge on any atom is 0.416 e. The molecule has 0 heterocycles. The zero-order valence-corrected chi connectivity index (χ0v) is 19.0. The first-order valence-electron chi connectivity index (χ1n) is 10.4. The van der Waals surface area contributed by atoms with E-state index in [-0.39, 0.29) is 18.8 Å². The minimum absolute atomic E-state index is 0.254. The molecule has 170 valence electrons. The number of benzene rings is 3. The minimum Gasteiger partial charge on any atom is -0.496 e. The number of halogens is 4. The van der Waals surface area contributed by atoms with E-state index in [4.69, 9.17) is 16.3 Å². The second kappa shape index (κ2) is 9.97. The summed E-state index contributed by atoms with van der Waals surface area (Å²) in [6.07, 6.45) is -4.75. The molecule has 1 atom stereocenters. The molecule has 0 aliphatic carbocycles. The van der Waals surface area contributed by atoms with Gasteiger partial charge in [0.15, 0.2) is 0 Å². The molecular weight excluding hydrogens is 437 g/mol. The Balaban J connectivity index is 2.02. The molecule has 0 spiro atoms. The van der Waals surface area contributed by atoms with E-state index in [0.29, 0.717) is 27.5 Å². The third-order valence-corrected chi connectivity index (χ3v) is 5.81. The molecule has 0 aromatic heterocycles. The second-order valence-electron chi connectivity index (χ2n) is 8.09. The van der Waals surface area contributed by atoms with Crippen LogP contribution in [0.2, 0.25) is 5.02 Å². The third-order valence-electron chi connectivity index (χ3n) is 5.55. The van der Waals surface area contributed by atoms with Crippen LogP contribution in [0.4, 0.5) is 13.2 Å². The Morgan fingerprint density at radius 3 is 2.16 bits per heavy atom. The summed E-state index contributed by atoms with van der Waals surface area (Å²) >= 11 is 5.90. The maximum absolute atomic E-state index is 13.4. The first-order chi connectivity index (χ1) is 15.1. The smallest absolute Gasteiger partial charge is 0.416 e. The fourth-order valence-electron chi connectivity index (χ4n) is 3.68. The number of aliphatic hydroxyl groups excluding tert-OH is 1. The van der Waals surface area contributed by atoms with Crippen molar-refractivity contribution in [3.8, 4) is 16.9 Å². The summed E-state index contributed by atoms with van der Waals surface area (Å²) in [6, 6.07) is 16.3. The van der Waals surface area contributed by atoms with Gasteiger partial charge < -0.3 is 9.84 Å². The maximum atomic E-state index is 13.4. The molecule has 0 bridgehead atoms. The van der Waals surface area contributed by atoms with Crippen molar-refractivity contribution >= 4 is 11.6 Å². The Morgan fingerprint density at radius 1 is 0.906 bits per heavy atom. The summed E-state index contributed by atoms with van der Waals surface area (Å²) in [5, 5.41) is 11.1. The third kappa shape index (κ3) is 5.64. The molecular formula is C26H26ClF3O2. The van der Waals surface area contributed by atoms with Gasteiger partial charge in [-0.1, -0.05) is 49.7 Å². The molecule has 1 unspecified atom stereocenters. The molecule has 3 aromatic rings. The van der Waals surface area contributed by atoms with Crippen molar-refractivity contribution in [2.75, 3.05) is 7.11 Å². The number of rotatable bonds is 7. The van der Waals surface area contributed by atoms with Crippen molar-refractivity contribution in [2.45, 2.75) is 44.9 Å². The predicted molar refractivity (Wildman–Crippen MR) is 122 cm³/mol. The van der Waals surface area contributed by atoms with Crippen molar-refractivity contribution < 1.29 is 23.0 Å². The van der Waals surface area contributed by atoms with Crippen LogP contribution in [-0.4, -0.2) is 12.2 Å². The molecule has 0 fully saturated rings. The van der Waals surface area contributed by atoms with E-state index in [2.05, 4.69) is 13.8 Å². The Kier molecular flexibility index (Phi) is 7.52. The quantitative estimate of drug-likeness (QED) is 0.387. The van der Waals surface area contributed by atoms with Gasteiger partial charge in [0.25, 0.3) is 0 Å². The first kappa shape index (κ1) is 24.1. The van der Waals surface area contributed by atoms with E-state index >= 15 is 0 Å². The minimum atomic E-state index is -4.45. The summed E-state index contributed by atoms with van der Waals surface area (Å²) in [5.74, 6) is 0.845. The highest BCUT2D eigenvalue weighted by molar-refractivity contribution is 6.30. The van der Waals surface area contributed by atoms with Gasteiger partial charge in [-0.3, -0.25) is 0 Å². The number of aryl methyl sites for hydroxylation is 1. The Hall–Kier alpha value is -2.50. The van der Waals surface area contributed by atoms with Crippen LogP contribution in [0.5, 0.6) is 5.75 Å². The first-order valence-corrected chi connectivity index (χ1v) is 10.8. The summed E-state index contributed by atoms with van der Waals surface area (Å²) in [7, 11) is 1.54. The molecule has 1 N–H and O–H groups in total. The van der Waals surface area contributed by atoms with Gasteiger partial charge in [-0.15, -0.1) is 0 Å². The molecule has 0 amide bonds. The molecule has 0 radical (unpaired) electrons. The Morgan fingerprint density at radius 2 is 1.56 bits per heavy atom. The fourth-order valence-corrected chi connectivity index (χ4v) is 3.80. The average Bonchev–Trinajstić information content (AvgIpc) is 2.76. The number of hydrogen-bond acceptors (Lipinski definition) is 2. The van der Waals surface area contributed by atoms with Crippen molar-refractivity contribution in [3.05, 3.63) is 87.9 Å². The van der Waals surface area contributed by atoms with Crippen LogP contribution in [0, 0.1) is 0 Å².